The van der Waals surface area contributed by atoms with Crippen molar-refractivity contribution in [1.29, 1.82) is 0 Å². The molecule has 0 radical (unpaired) electrons. The van der Waals surface area contributed by atoms with Crippen LogP contribution in [0.3, 0.4) is 0 Å². The van der Waals surface area contributed by atoms with Gasteiger partial charge in [-0.15, -0.1) is 0 Å². The molecule has 2 aromatic rings. The van der Waals surface area contributed by atoms with Gasteiger partial charge in [0.05, 0.1) is 24.2 Å². The lowest BCUT2D eigenvalue weighted by Gasteiger charge is -2.27. The van der Waals surface area contributed by atoms with Crippen molar-refractivity contribution in [2.24, 2.45) is 80.8 Å². The fraction of sp³-hybridized carbons (Fsp3) is 0.600. The molecule has 0 saturated heterocycles. The van der Waals surface area contributed by atoms with E-state index in [4.69, 9.17) is 34.4 Å². The number of carbonyl (C=O) groups excluding carboxylic acids is 11. The molecule has 0 fully saturated rings. The number of guanidine groups is 1. The maximum absolute atomic E-state index is 14.7. The van der Waals surface area contributed by atoms with Crippen molar-refractivity contribution in [3.8, 4) is 5.75 Å². The fourth-order valence-electron chi connectivity index (χ4n) is 9.51. The Hall–Kier alpha value is -7.56. The van der Waals surface area contributed by atoms with Gasteiger partial charge in [-0.05, 0) is 106 Å². The highest BCUT2D eigenvalue weighted by atomic mass is 16.3. The van der Waals surface area contributed by atoms with Crippen LogP contribution in [0.4, 0.5) is 0 Å². The zero-order chi connectivity index (χ0) is 62.3. The molecule has 0 aliphatic rings. The summed E-state index contributed by atoms with van der Waals surface area (Å²) >= 11 is 0. The molecule has 0 aliphatic heterocycles. The minimum atomic E-state index is -1.28. The van der Waals surface area contributed by atoms with Gasteiger partial charge in [0, 0.05) is 74.7 Å². The summed E-state index contributed by atoms with van der Waals surface area (Å²) in [4.78, 5) is 153. The molecule has 460 valence electrons. The van der Waals surface area contributed by atoms with E-state index >= 15 is 0 Å². The predicted octanol–water partition coefficient (Wildman–Crippen LogP) is 2.37. The lowest BCUT2D eigenvalue weighted by Crippen LogP contribution is -2.49. The van der Waals surface area contributed by atoms with Gasteiger partial charge in [-0.3, -0.25) is 57.7 Å². The molecular formula is C60H93N11O12. The van der Waals surface area contributed by atoms with Crippen LogP contribution in [0.15, 0.2) is 59.6 Å². The first-order chi connectivity index (χ1) is 39.1. The van der Waals surface area contributed by atoms with E-state index in [0.29, 0.717) is 18.4 Å². The maximum Gasteiger partial charge on any atom is 0.224 e. The smallest absolute Gasteiger partial charge is 0.224 e. The summed E-state index contributed by atoms with van der Waals surface area (Å²) in [7, 11) is 0. The molecule has 83 heavy (non-hydrogen) atoms. The second kappa shape index (κ2) is 37.5. The highest BCUT2D eigenvalue weighted by Gasteiger charge is 2.36. The van der Waals surface area contributed by atoms with E-state index in [-0.39, 0.29) is 120 Å². The Balaban J connectivity index is 2.56. The van der Waals surface area contributed by atoms with Gasteiger partial charge in [0.1, 0.15) is 5.75 Å². The highest BCUT2D eigenvalue weighted by Crippen LogP contribution is 2.24. The van der Waals surface area contributed by atoms with Gasteiger partial charge in [-0.25, -0.2) is 0 Å². The zero-order valence-electron chi connectivity index (χ0n) is 49.3. The van der Waals surface area contributed by atoms with Crippen molar-refractivity contribution in [1.82, 2.24) is 21.3 Å². The molecule has 23 nitrogen and oxygen atoms in total. The van der Waals surface area contributed by atoms with Crippen molar-refractivity contribution < 1.29 is 57.8 Å². The van der Waals surface area contributed by atoms with E-state index in [1.807, 2.05) is 33.8 Å². The van der Waals surface area contributed by atoms with Gasteiger partial charge in [0.2, 0.25) is 41.4 Å². The van der Waals surface area contributed by atoms with Gasteiger partial charge < -0.3 is 60.8 Å². The lowest BCUT2D eigenvalue weighted by atomic mass is 9.86. The third kappa shape index (κ3) is 28.8. The van der Waals surface area contributed by atoms with Crippen molar-refractivity contribution in [2.75, 3.05) is 13.1 Å². The molecule has 7 amide bonds. The van der Waals surface area contributed by atoms with Gasteiger partial charge in [-0.1, -0.05) is 90.4 Å². The van der Waals surface area contributed by atoms with E-state index in [1.165, 1.54) is 26.0 Å². The van der Waals surface area contributed by atoms with E-state index in [2.05, 4.69) is 26.3 Å². The number of nitrogens with one attached hydrogen (secondary N) is 4. The summed E-state index contributed by atoms with van der Waals surface area (Å²) in [6.07, 6.45) is -0.238. The van der Waals surface area contributed by atoms with Crippen LogP contribution in [0.5, 0.6) is 5.75 Å². The van der Waals surface area contributed by atoms with Crippen molar-refractivity contribution >= 4 is 70.4 Å². The second-order valence-electron chi connectivity index (χ2n) is 22.8. The van der Waals surface area contributed by atoms with Gasteiger partial charge >= 0.3 is 0 Å². The topological polar surface area (TPSA) is 425 Å². The SMILES string of the molecule is CC(C)C[C@H](CC(=O)[C@H](CC(C)C)NC(=O)[C@H](CCCCN)CC(=O)[C@H](CCCN=C(N)N)NC(=O)[C@@H](CC(=O)[C@H](CCC(N)=O)NC(=O)[C@@H](C)CCC(N)=O)Cc1ccc(O)cc1)C(=O)N[C@@H](Cc1ccccc1)C(=O)C[C@@H](C)C(N)=O. The lowest BCUT2D eigenvalue weighted by molar-refractivity contribution is -0.136. The van der Waals surface area contributed by atoms with E-state index in [0.717, 1.165) is 5.56 Å². The number of amides is 7. The van der Waals surface area contributed by atoms with E-state index in [1.54, 1.807) is 36.4 Å². The Morgan fingerprint density at radius 2 is 0.952 bits per heavy atom. The molecule has 0 unspecified atom stereocenters. The number of primary amides is 3. The van der Waals surface area contributed by atoms with Crippen LogP contribution in [0, 0.1) is 41.4 Å². The minimum Gasteiger partial charge on any atom is -0.508 e. The molecule has 17 N–H and O–H groups in total. The number of hydrogen-bond donors (Lipinski definition) is 11. The summed E-state index contributed by atoms with van der Waals surface area (Å²) in [6, 6.07) is 10.2. The number of aliphatic imine (C=N–C) groups is 1. The molecule has 0 heterocycles. The Bertz CT molecular complexity index is 2500. The van der Waals surface area contributed by atoms with Gasteiger partial charge in [0.15, 0.2) is 29.1 Å². The first-order valence-corrected chi connectivity index (χ1v) is 28.9. The van der Waals surface area contributed by atoms with Crippen LogP contribution in [0.25, 0.3) is 0 Å². The number of hydrogen-bond acceptors (Lipinski definition) is 14. The Kier molecular flexibility index (Phi) is 32.3. The summed E-state index contributed by atoms with van der Waals surface area (Å²) < 4.78 is 0. The normalized spacial score (nSPS) is 14.5. The molecule has 0 saturated carbocycles. The largest absolute Gasteiger partial charge is 0.508 e. The molecular weight excluding hydrogens is 1070 g/mol. The Labute approximate surface area is 488 Å². The Morgan fingerprint density at radius 3 is 1.52 bits per heavy atom. The number of unbranched alkanes of at least 4 members (excludes halogenated alkanes) is 1. The summed E-state index contributed by atoms with van der Waals surface area (Å²) in [5.41, 5.74) is 34.5. The van der Waals surface area contributed by atoms with E-state index < -0.39 is 131 Å². The first kappa shape index (κ1) is 71.5. The number of nitrogens with zero attached hydrogens (tertiary/aromatic N) is 1. The van der Waals surface area contributed by atoms with Gasteiger partial charge in [0.25, 0.3) is 0 Å². The number of ketones is 4. The molecule has 0 aliphatic carbocycles. The number of aromatic hydroxyl groups is 1. The van der Waals surface area contributed by atoms with Crippen LogP contribution < -0.4 is 55.7 Å². The number of carbonyl (C=O) groups is 11. The molecule has 2 aromatic carbocycles. The highest BCUT2D eigenvalue weighted by molar-refractivity contribution is 5.98. The third-order valence-corrected chi connectivity index (χ3v) is 14.3. The van der Waals surface area contributed by atoms with Crippen LogP contribution in [0.2, 0.25) is 0 Å². The Morgan fingerprint density at radius 1 is 0.470 bits per heavy atom. The average Bonchev–Trinajstić information content (AvgIpc) is 3.42. The standard InChI is InChI=1S/C60H93N11O12/c1-35(2)27-42(58(82)71-48(31-39-13-8-7-9-14-39)49(73)29-38(6)55(64)79)33-52(76)47(28-36(3)4)70-57(81)41(15-10-11-25-61)32-50(74)45(16-12-26-67-60(65)66)69-59(83)43(30-40-18-20-44(72)21-19-40)34-51(75)46(22-24-54(63)78)68-56(80)37(5)17-23-53(62)77/h7-9,13-14,18-21,35-38,41-43,45-48,72H,10-12,15-17,22-34,61H2,1-6H3,(H2,62,77)(H2,63,78)(H2,64,79)(H,68,80)(H,69,83)(H,70,81)(H,71,82)(H4,65,66,67)/t37-,38+,41+,42+,43+,45-,46-,47-,48-/m0/s1. The summed E-state index contributed by atoms with van der Waals surface area (Å²) in [5.74, 6) is -11.8. The minimum absolute atomic E-state index is 0.0193. The maximum atomic E-state index is 14.7. The van der Waals surface area contributed by atoms with E-state index in [9.17, 15) is 57.8 Å². The molecule has 9 atom stereocenters. The summed E-state index contributed by atoms with van der Waals surface area (Å²) in [5, 5.41) is 21.3. The zero-order valence-corrected chi connectivity index (χ0v) is 49.3. The van der Waals surface area contributed by atoms with Crippen LogP contribution in [-0.4, -0.2) is 113 Å². The number of phenolic OH excluding ortho intramolecular Hbond substituents is 1. The predicted molar refractivity (Wildman–Crippen MR) is 315 cm³/mol. The number of nitrogens with two attached hydrogens (primary N) is 6. The number of phenols is 1. The van der Waals surface area contributed by atoms with Crippen LogP contribution >= 0.6 is 0 Å². The first-order valence-electron chi connectivity index (χ1n) is 28.9. The van der Waals surface area contributed by atoms with Crippen molar-refractivity contribution in [3.63, 3.8) is 0 Å². The van der Waals surface area contributed by atoms with Crippen LogP contribution in [0.1, 0.15) is 149 Å². The molecule has 2 rings (SSSR count). The van der Waals surface area contributed by atoms with Crippen LogP contribution in [-0.2, 0) is 65.6 Å². The molecule has 0 aromatic heterocycles. The van der Waals surface area contributed by atoms with Gasteiger partial charge in [-0.2, -0.15) is 0 Å². The van der Waals surface area contributed by atoms with Crippen molar-refractivity contribution in [2.45, 2.75) is 175 Å². The van der Waals surface area contributed by atoms with Crippen molar-refractivity contribution in [3.05, 3.63) is 65.7 Å². The average molecular weight is 1160 g/mol. The molecule has 23 heteroatoms. The second-order valence-corrected chi connectivity index (χ2v) is 22.8. The summed E-state index contributed by atoms with van der Waals surface area (Å²) in [6.45, 7) is 10.9. The quantitative estimate of drug-likeness (QED) is 0.0258. The molecule has 0 spiro atoms. The number of benzene rings is 2. The number of rotatable bonds is 43. The fourth-order valence-corrected chi connectivity index (χ4v) is 9.51. The molecule has 0 bridgehead atoms. The monoisotopic (exact) mass is 1160 g/mol. The number of Topliss-reactive ketones (excluding diaryl/α,β-unsaturated/α-hetero) is 4. The third-order valence-electron chi connectivity index (χ3n) is 14.3.